The summed E-state index contributed by atoms with van der Waals surface area (Å²) in [6.45, 7) is 6.14. The fraction of sp³-hybridized carbons (Fsp3) is 0.588. The van der Waals surface area contributed by atoms with E-state index in [-0.39, 0.29) is 10.9 Å². The third-order valence-electron chi connectivity index (χ3n) is 4.80. The fourth-order valence-electron chi connectivity index (χ4n) is 3.52. The second-order valence-electron chi connectivity index (χ2n) is 6.31. The van der Waals surface area contributed by atoms with E-state index in [0.717, 1.165) is 32.6 Å². The number of halogens is 2. The molecular weight excluding hydrogens is 319 g/mol. The summed E-state index contributed by atoms with van der Waals surface area (Å²) in [5, 5.41) is 0.180. The zero-order valence-electron chi connectivity index (χ0n) is 13.3. The first-order chi connectivity index (χ1) is 11.1. The minimum Gasteiger partial charge on any atom is -0.379 e. The molecule has 3 rings (SSSR count). The van der Waals surface area contributed by atoms with Gasteiger partial charge in [-0.05, 0) is 38.0 Å². The maximum absolute atomic E-state index is 13.1. The van der Waals surface area contributed by atoms with Crippen molar-refractivity contribution in [1.29, 1.82) is 0 Å². The molecule has 0 radical (unpaired) electrons. The van der Waals surface area contributed by atoms with Gasteiger partial charge in [-0.15, -0.1) is 0 Å². The molecule has 1 aromatic rings. The van der Waals surface area contributed by atoms with Crippen LogP contribution in [0, 0.1) is 5.82 Å². The number of hydrogen-bond donors (Lipinski definition) is 0. The monoisotopic (exact) mass is 340 g/mol. The number of nitrogens with zero attached hydrogens (tertiary/aromatic N) is 2. The van der Waals surface area contributed by atoms with E-state index in [1.165, 1.54) is 18.2 Å². The summed E-state index contributed by atoms with van der Waals surface area (Å²) in [4.78, 5) is 16.9. The number of carbonyl (C=O) groups excluding carboxylic acids is 1. The molecule has 0 unspecified atom stereocenters. The number of piperidine rings is 1. The molecular formula is C17H22ClFN2O2. The van der Waals surface area contributed by atoms with Gasteiger partial charge in [0.05, 0.1) is 23.8 Å². The summed E-state index contributed by atoms with van der Waals surface area (Å²) >= 11 is 6.00. The molecule has 0 aromatic heterocycles. The van der Waals surface area contributed by atoms with Crippen molar-refractivity contribution < 1.29 is 13.9 Å². The average molecular weight is 341 g/mol. The Balaban J connectivity index is 1.61. The van der Waals surface area contributed by atoms with Gasteiger partial charge in [0.15, 0.2) is 0 Å². The van der Waals surface area contributed by atoms with Gasteiger partial charge in [-0.1, -0.05) is 11.6 Å². The van der Waals surface area contributed by atoms with E-state index >= 15 is 0 Å². The standard InChI is InChI=1S/C17H22ClFN2O2/c1-12-11-23-9-8-21(12)14-4-6-20(7-5-14)17(22)15-3-2-13(19)10-16(15)18/h2-3,10,12,14H,4-9,11H2,1H3/t12-/m1/s1. The molecule has 0 saturated carbocycles. The van der Waals surface area contributed by atoms with Crippen LogP contribution in [0.1, 0.15) is 30.1 Å². The maximum Gasteiger partial charge on any atom is 0.255 e. The molecule has 1 aromatic carbocycles. The molecule has 126 valence electrons. The van der Waals surface area contributed by atoms with Crippen molar-refractivity contribution in [2.24, 2.45) is 0 Å². The predicted octanol–water partition coefficient (Wildman–Crippen LogP) is 2.80. The Bertz CT molecular complexity index is 576. The molecule has 0 N–H and O–H groups in total. The zero-order chi connectivity index (χ0) is 16.4. The molecule has 4 nitrogen and oxygen atoms in total. The van der Waals surface area contributed by atoms with Crippen LogP contribution in [0.5, 0.6) is 0 Å². The van der Waals surface area contributed by atoms with E-state index in [0.29, 0.717) is 30.7 Å². The summed E-state index contributed by atoms with van der Waals surface area (Å²) in [7, 11) is 0. The lowest BCUT2D eigenvalue weighted by molar-refractivity contribution is -0.0335. The van der Waals surface area contributed by atoms with E-state index in [2.05, 4.69) is 11.8 Å². The van der Waals surface area contributed by atoms with Gasteiger partial charge >= 0.3 is 0 Å². The van der Waals surface area contributed by atoms with Crippen molar-refractivity contribution >= 4 is 17.5 Å². The minimum absolute atomic E-state index is 0.108. The van der Waals surface area contributed by atoms with Gasteiger partial charge in [-0.2, -0.15) is 0 Å². The van der Waals surface area contributed by atoms with Gasteiger partial charge in [0.1, 0.15) is 5.82 Å². The number of hydrogen-bond acceptors (Lipinski definition) is 3. The van der Waals surface area contributed by atoms with Crippen LogP contribution in [-0.4, -0.2) is 60.6 Å². The minimum atomic E-state index is -0.424. The molecule has 2 aliphatic heterocycles. The van der Waals surface area contributed by atoms with Crippen molar-refractivity contribution in [3.63, 3.8) is 0 Å². The highest BCUT2D eigenvalue weighted by Gasteiger charge is 2.31. The molecule has 1 atom stereocenters. The highest BCUT2D eigenvalue weighted by molar-refractivity contribution is 6.33. The van der Waals surface area contributed by atoms with Crippen LogP contribution >= 0.6 is 11.6 Å². The quantitative estimate of drug-likeness (QED) is 0.830. The highest BCUT2D eigenvalue weighted by Crippen LogP contribution is 2.24. The number of rotatable bonds is 2. The third kappa shape index (κ3) is 3.67. The van der Waals surface area contributed by atoms with Crippen molar-refractivity contribution in [3.8, 4) is 0 Å². The molecule has 2 aliphatic rings. The van der Waals surface area contributed by atoms with Crippen LogP contribution in [0.15, 0.2) is 18.2 Å². The Morgan fingerprint density at radius 2 is 2.04 bits per heavy atom. The number of ether oxygens (including phenoxy) is 1. The van der Waals surface area contributed by atoms with Crippen molar-refractivity contribution in [1.82, 2.24) is 9.80 Å². The second kappa shape index (κ2) is 7.16. The van der Waals surface area contributed by atoms with Crippen LogP contribution < -0.4 is 0 Å². The SMILES string of the molecule is C[C@@H]1COCCN1C1CCN(C(=O)c2ccc(F)cc2Cl)CC1. The Labute approximate surface area is 141 Å². The van der Waals surface area contributed by atoms with Gasteiger partial charge < -0.3 is 9.64 Å². The van der Waals surface area contributed by atoms with Gasteiger partial charge in [-0.3, -0.25) is 9.69 Å². The Kier molecular flexibility index (Phi) is 5.19. The van der Waals surface area contributed by atoms with E-state index in [4.69, 9.17) is 16.3 Å². The zero-order valence-corrected chi connectivity index (χ0v) is 14.1. The first kappa shape index (κ1) is 16.7. The van der Waals surface area contributed by atoms with Crippen LogP contribution in [0.3, 0.4) is 0 Å². The van der Waals surface area contributed by atoms with E-state index < -0.39 is 5.82 Å². The second-order valence-corrected chi connectivity index (χ2v) is 6.72. The molecule has 6 heteroatoms. The number of likely N-dealkylation sites (tertiary alicyclic amines) is 1. The van der Waals surface area contributed by atoms with Crippen LogP contribution in [-0.2, 0) is 4.74 Å². The Hall–Kier alpha value is -1.17. The molecule has 2 saturated heterocycles. The van der Waals surface area contributed by atoms with Gasteiger partial charge in [0.25, 0.3) is 5.91 Å². The summed E-state index contributed by atoms with van der Waals surface area (Å²) in [6.07, 6.45) is 1.91. The molecule has 2 heterocycles. The lowest BCUT2D eigenvalue weighted by Crippen LogP contribution is -2.53. The molecule has 23 heavy (non-hydrogen) atoms. The number of amides is 1. The fourth-order valence-corrected chi connectivity index (χ4v) is 3.76. The Morgan fingerprint density at radius 1 is 1.30 bits per heavy atom. The van der Waals surface area contributed by atoms with Gasteiger partial charge in [0.2, 0.25) is 0 Å². The lowest BCUT2D eigenvalue weighted by atomic mass is 10.00. The van der Waals surface area contributed by atoms with Crippen LogP contribution in [0.25, 0.3) is 0 Å². The van der Waals surface area contributed by atoms with Crippen molar-refractivity contribution in [2.45, 2.75) is 31.8 Å². The predicted molar refractivity (Wildman–Crippen MR) is 87.3 cm³/mol. The smallest absolute Gasteiger partial charge is 0.255 e. The summed E-state index contributed by atoms with van der Waals surface area (Å²) < 4.78 is 18.6. The molecule has 0 bridgehead atoms. The summed E-state index contributed by atoms with van der Waals surface area (Å²) in [6, 6.07) is 4.87. The maximum atomic E-state index is 13.1. The average Bonchev–Trinajstić information content (AvgIpc) is 2.55. The van der Waals surface area contributed by atoms with Crippen molar-refractivity contribution in [2.75, 3.05) is 32.8 Å². The highest BCUT2D eigenvalue weighted by atomic mass is 35.5. The first-order valence-electron chi connectivity index (χ1n) is 8.14. The van der Waals surface area contributed by atoms with Gasteiger partial charge in [0, 0.05) is 31.7 Å². The number of benzene rings is 1. The normalized spacial score (nSPS) is 24.0. The molecule has 1 amide bonds. The summed E-state index contributed by atoms with van der Waals surface area (Å²) in [5.74, 6) is -0.532. The Morgan fingerprint density at radius 3 is 2.70 bits per heavy atom. The third-order valence-corrected chi connectivity index (χ3v) is 5.11. The van der Waals surface area contributed by atoms with Gasteiger partial charge in [-0.25, -0.2) is 4.39 Å². The molecule has 2 fully saturated rings. The van der Waals surface area contributed by atoms with Crippen molar-refractivity contribution in [3.05, 3.63) is 34.6 Å². The van der Waals surface area contributed by atoms with Crippen LogP contribution in [0.4, 0.5) is 4.39 Å². The van der Waals surface area contributed by atoms with E-state index in [1.807, 2.05) is 4.90 Å². The largest absolute Gasteiger partial charge is 0.379 e. The first-order valence-corrected chi connectivity index (χ1v) is 8.52. The van der Waals surface area contributed by atoms with E-state index in [9.17, 15) is 9.18 Å². The molecule has 0 aliphatic carbocycles. The topological polar surface area (TPSA) is 32.8 Å². The molecule has 0 spiro atoms. The number of morpholine rings is 1. The lowest BCUT2D eigenvalue weighted by Gasteiger charge is -2.43. The number of carbonyl (C=O) groups is 1. The van der Waals surface area contributed by atoms with E-state index in [1.54, 1.807) is 0 Å². The summed E-state index contributed by atoms with van der Waals surface area (Å²) in [5.41, 5.74) is 0.381. The van der Waals surface area contributed by atoms with Crippen LogP contribution in [0.2, 0.25) is 5.02 Å².